The van der Waals surface area contributed by atoms with Crippen LogP contribution < -0.4 is 26.2 Å². The predicted molar refractivity (Wildman–Crippen MR) is 434 cm³/mol. The Kier molecular flexibility index (Phi) is 10.4. The van der Waals surface area contributed by atoms with Crippen LogP contribution in [0.15, 0.2) is 307 Å². The molecular weight excluding hydrogens is 1240 g/mol. The predicted octanol–water partition coefficient (Wildman–Crippen LogP) is 24.4. The normalized spacial score (nSPS) is 15.3. The molecular formula is C96H77BN4O. The van der Waals surface area contributed by atoms with Gasteiger partial charge in [-0.15, -0.1) is 0 Å². The number of nitrogens with zero attached hydrogens (tertiary/aromatic N) is 4. The zero-order chi connectivity index (χ0) is 83.0. The van der Waals surface area contributed by atoms with E-state index in [4.69, 9.17) is 7.16 Å². The van der Waals surface area contributed by atoms with Crippen molar-refractivity contribution in [3.8, 4) is 55.9 Å². The Morgan fingerprint density at radius 3 is 1.25 bits per heavy atom. The third-order valence-electron chi connectivity index (χ3n) is 20.8. The fraction of sp³-hybridized carbons (Fsp3) is 0.125. The first-order valence-electron chi connectivity index (χ1n) is 42.7. The Balaban J connectivity index is 1.08. The molecule has 0 atom stereocenters. The molecule has 0 unspecified atom stereocenters. The summed E-state index contributed by atoms with van der Waals surface area (Å²) in [6.07, 6.45) is 0. The molecule has 490 valence electrons. The summed E-state index contributed by atoms with van der Waals surface area (Å²) < 4.78 is 164. The number of rotatable bonds is 8. The largest absolute Gasteiger partial charge is 0.456 e. The van der Waals surface area contributed by atoms with Crippen LogP contribution in [0.5, 0.6) is 0 Å². The summed E-state index contributed by atoms with van der Waals surface area (Å²) in [5.41, 5.74) is 15.9. The summed E-state index contributed by atoms with van der Waals surface area (Å²) in [6, 6.07) is 61.2. The third kappa shape index (κ3) is 9.59. The highest BCUT2D eigenvalue weighted by atomic mass is 16.3. The van der Waals surface area contributed by atoms with Gasteiger partial charge < -0.3 is 23.4 Å². The van der Waals surface area contributed by atoms with Crippen molar-refractivity contribution in [3.63, 3.8) is 0 Å². The van der Waals surface area contributed by atoms with Crippen molar-refractivity contribution in [2.75, 3.05) is 9.80 Å². The standard InChI is InChI=1S/C96H77BN4O/c1-94(2,3)65-51-64(52-66(54-65)95(4,5)6)63-45-48-78-84(53-63)101(93-70(60-29-13-10-14-30-60)47-50-89-90(93)75-39-23-28-44-88(75)102-89)87-59-69(99-82-42-26-21-37-73(82)74-38-22-27-43-83(74)99)58-86-91(87)97(78)79-49-46-68(98-80-40-24-19-35-71(80)72-36-20-25-41-81(72)98)57-85(79)100(86)92-76(61-31-15-11-16-32-61)55-67(96(7,8)9)56-77(92)62-33-17-12-18-34-62/h10-59H,1-9H3/i19D,20D,21D,22D,24D,25D,26D,27D,35D,36D,37D,38D,40D,41D,42D,43D. The van der Waals surface area contributed by atoms with E-state index in [9.17, 15) is 19.2 Å². The highest BCUT2D eigenvalue weighted by Gasteiger charge is 2.46. The van der Waals surface area contributed by atoms with Crippen molar-refractivity contribution < 1.29 is 26.3 Å². The van der Waals surface area contributed by atoms with E-state index in [0.29, 0.717) is 45.3 Å². The lowest BCUT2D eigenvalue weighted by atomic mass is 9.33. The van der Waals surface area contributed by atoms with E-state index < -0.39 is 109 Å². The molecule has 0 aliphatic carbocycles. The van der Waals surface area contributed by atoms with Gasteiger partial charge in [0.2, 0.25) is 0 Å². The average molecular weight is 1330 g/mol. The smallest absolute Gasteiger partial charge is 0.252 e. The van der Waals surface area contributed by atoms with Gasteiger partial charge in [-0.2, -0.15) is 0 Å². The molecule has 0 fully saturated rings. The molecule has 0 saturated heterocycles. The minimum absolute atomic E-state index is 0.0863. The van der Waals surface area contributed by atoms with Crippen molar-refractivity contribution in [2.24, 2.45) is 0 Å². The fourth-order valence-electron chi connectivity index (χ4n) is 15.8. The van der Waals surface area contributed by atoms with Gasteiger partial charge >= 0.3 is 0 Å². The number of benzene rings is 14. The molecule has 3 aromatic heterocycles. The van der Waals surface area contributed by atoms with Gasteiger partial charge in [0.25, 0.3) is 6.71 Å². The molecule has 0 saturated carbocycles. The maximum Gasteiger partial charge on any atom is 0.252 e. The number of aromatic nitrogens is 2. The number of hydrogen-bond acceptors (Lipinski definition) is 3. The van der Waals surface area contributed by atoms with E-state index in [-0.39, 0.29) is 65.8 Å². The molecule has 2 aliphatic heterocycles. The van der Waals surface area contributed by atoms with Gasteiger partial charge in [-0.1, -0.05) is 280 Å². The summed E-state index contributed by atoms with van der Waals surface area (Å²) in [6.45, 7) is 19.0. The van der Waals surface area contributed by atoms with Crippen LogP contribution in [-0.4, -0.2) is 15.8 Å². The Bertz CT molecular complexity index is 7030. The zero-order valence-electron chi connectivity index (χ0n) is 73.9. The number of hydrogen-bond donors (Lipinski definition) is 0. The summed E-state index contributed by atoms with van der Waals surface area (Å²) >= 11 is 0. The molecule has 19 rings (SSSR count). The lowest BCUT2D eigenvalue weighted by Crippen LogP contribution is -2.61. The minimum Gasteiger partial charge on any atom is -0.456 e. The molecule has 5 nitrogen and oxygen atoms in total. The lowest BCUT2D eigenvalue weighted by Gasteiger charge is -2.46. The van der Waals surface area contributed by atoms with Crippen LogP contribution in [-0.2, 0) is 16.2 Å². The molecule has 14 aromatic carbocycles. The van der Waals surface area contributed by atoms with Crippen molar-refractivity contribution in [1.29, 1.82) is 0 Å². The molecule has 6 heteroatoms. The number of fused-ring (bicyclic) bond motifs is 13. The molecule has 0 bridgehead atoms. The Hall–Kier alpha value is -11.9. The molecule has 0 amide bonds. The van der Waals surface area contributed by atoms with Crippen LogP contribution in [0.3, 0.4) is 0 Å². The summed E-state index contributed by atoms with van der Waals surface area (Å²) in [4.78, 5) is 4.50. The maximum absolute atomic E-state index is 10.2. The van der Waals surface area contributed by atoms with Gasteiger partial charge in [-0.25, -0.2) is 0 Å². The van der Waals surface area contributed by atoms with E-state index in [0.717, 1.165) is 88.4 Å². The Morgan fingerprint density at radius 1 is 0.314 bits per heavy atom. The van der Waals surface area contributed by atoms with Crippen LogP contribution >= 0.6 is 0 Å². The second-order valence-corrected chi connectivity index (χ2v) is 30.1. The van der Waals surface area contributed by atoms with Crippen LogP contribution in [0.4, 0.5) is 34.1 Å². The highest BCUT2D eigenvalue weighted by Crippen LogP contribution is 2.56. The average Bonchev–Trinajstić information content (AvgIpc) is 1.10. The Labute approximate surface area is 619 Å². The fourth-order valence-corrected chi connectivity index (χ4v) is 15.8. The van der Waals surface area contributed by atoms with Crippen LogP contribution in [0.2, 0.25) is 0 Å². The van der Waals surface area contributed by atoms with E-state index in [2.05, 4.69) is 169 Å². The topological polar surface area (TPSA) is 29.5 Å². The molecule has 17 aromatic rings. The number of anilines is 6. The molecule has 0 radical (unpaired) electrons. The first kappa shape index (κ1) is 46.5. The van der Waals surface area contributed by atoms with Gasteiger partial charge in [0.15, 0.2) is 0 Å². The minimum atomic E-state index is -0.805. The second-order valence-electron chi connectivity index (χ2n) is 30.1. The van der Waals surface area contributed by atoms with Crippen molar-refractivity contribution >= 4 is 123 Å². The number of furan rings is 1. The van der Waals surface area contributed by atoms with Crippen molar-refractivity contribution in [3.05, 3.63) is 320 Å². The lowest BCUT2D eigenvalue weighted by molar-refractivity contribution is 0.569. The number of para-hydroxylation sites is 5. The van der Waals surface area contributed by atoms with Crippen LogP contribution in [0.25, 0.3) is 121 Å². The molecule has 102 heavy (non-hydrogen) atoms. The van der Waals surface area contributed by atoms with Crippen LogP contribution in [0, 0.1) is 0 Å². The van der Waals surface area contributed by atoms with E-state index in [1.54, 1.807) is 4.57 Å². The first-order valence-corrected chi connectivity index (χ1v) is 34.7. The monoisotopic (exact) mass is 1330 g/mol. The molecule has 0 spiro atoms. The van der Waals surface area contributed by atoms with Crippen molar-refractivity contribution in [1.82, 2.24) is 9.13 Å². The zero-order valence-corrected chi connectivity index (χ0v) is 57.9. The Morgan fingerprint density at radius 2 is 0.735 bits per heavy atom. The van der Waals surface area contributed by atoms with Crippen LogP contribution in [0.1, 0.15) is 101 Å². The van der Waals surface area contributed by atoms with E-state index >= 15 is 0 Å². The second kappa shape index (κ2) is 22.8. The van der Waals surface area contributed by atoms with Gasteiger partial charge in [-0.3, -0.25) is 0 Å². The van der Waals surface area contributed by atoms with Gasteiger partial charge in [0.05, 0.1) is 66.4 Å². The highest BCUT2D eigenvalue weighted by molar-refractivity contribution is 7.00. The SMILES string of the molecule is [2H]c1c([2H])c([2H])c2c(c1[2H])c1c([2H])c([2H])c([2H])c([2H])c1n2-c1ccc2c(c1)N(c1c(-c3ccccc3)cc(C(C)(C)C)cc1-c1ccccc1)c1cc(-n3c4c([2H])c([2H])c([2H])c([2H])c4c4c([2H])c([2H])c([2H])c([2H])c43)cc3c1B2c1ccc(-c2cc(C(C)(C)C)cc(C(C)(C)C)c2)cc1N3c1c(-c2ccccc2)ccc2oc3ccccc3c12. The van der Waals surface area contributed by atoms with Gasteiger partial charge in [0, 0.05) is 72.1 Å². The summed E-state index contributed by atoms with van der Waals surface area (Å²) in [7, 11) is 0. The quantitative estimate of drug-likeness (QED) is 0.142. The maximum atomic E-state index is 10.2. The summed E-state index contributed by atoms with van der Waals surface area (Å²) in [5, 5.41) is 1.11. The molecule has 0 N–H and O–H groups in total. The molecule has 2 aliphatic rings. The summed E-state index contributed by atoms with van der Waals surface area (Å²) in [5.74, 6) is 0. The first-order chi connectivity index (χ1) is 56.2. The third-order valence-corrected chi connectivity index (χ3v) is 20.8. The van der Waals surface area contributed by atoms with Crippen molar-refractivity contribution in [2.45, 2.75) is 78.6 Å². The molecule has 5 heterocycles. The van der Waals surface area contributed by atoms with E-state index in [1.165, 1.54) is 4.57 Å². The van der Waals surface area contributed by atoms with Gasteiger partial charge in [0.1, 0.15) is 11.2 Å². The van der Waals surface area contributed by atoms with E-state index in [1.807, 2.05) is 109 Å². The van der Waals surface area contributed by atoms with Gasteiger partial charge in [-0.05, 0) is 162 Å².